The van der Waals surface area contributed by atoms with Crippen LogP contribution < -0.4 is 15.4 Å². The summed E-state index contributed by atoms with van der Waals surface area (Å²) in [6, 6.07) is 7.88. The van der Waals surface area contributed by atoms with Crippen LogP contribution in [0.25, 0.3) is 0 Å². The Morgan fingerprint density at radius 1 is 1.23 bits per heavy atom. The molecular formula is C22H39N5O2S. The summed E-state index contributed by atoms with van der Waals surface area (Å²) in [5.74, 6) is 1.23. The van der Waals surface area contributed by atoms with Gasteiger partial charge in [0.05, 0.1) is 11.4 Å². The molecule has 3 N–H and O–H groups in total. The highest BCUT2D eigenvalue weighted by atomic mass is 32.2. The first-order chi connectivity index (χ1) is 13.9. The summed E-state index contributed by atoms with van der Waals surface area (Å²) in [5.41, 5.74) is 0.127. The van der Waals surface area contributed by atoms with E-state index in [1.54, 1.807) is 12.1 Å². The number of sulfonamides is 1. The highest BCUT2D eigenvalue weighted by Crippen LogP contribution is 2.20. The van der Waals surface area contributed by atoms with Crippen LogP contribution in [-0.2, 0) is 16.6 Å². The third-order valence-electron chi connectivity index (χ3n) is 5.15. The summed E-state index contributed by atoms with van der Waals surface area (Å²) in [6.45, 7) is 17.3. The van der Waals surface area contributed by atoms with Gasteiger partial charge in [-0.1, -0.05) is 25.1 Å². The lowest BCUT2D eigenvalue weighted by atomic mass is 10.1. The highest BCUT2D eigenvalue weighted by molar-refractivity contribution is 7.89. The van der Waals surface area contributed by atoms with Gasteiger partial charge in [0, 0.05) is 37.3 Å². The first-order valence-electron chi connectivity index (χ1n) is 10.8. The number of hydrogen-bond acceptors (Lipinski definition) is 4. The first-order valence-corrected chi connectivity index (χ1v) is 12.3. The van der Waals surface area contributed by atoms with Crippen molar-refractivity contribution in [2.75, 3.05) is 19.6 Å². The topological polar surface area (TPSA) is 85.8 Å². The summed E-state index contributed by atoms with van der Waals surface area (Å²) < 4.78 is 28.5. The fourth-order valence-electron chi connectivity index (χ4n) is 3.63. The van der Waals surface area contributed by atoms with E-state index >= 15 is 0 Å². The minimum atomic E-state index is -3.62. The number of guanidine groups is 1. The molecule has 7 nitrogen and oxygen atoms in total. The maximum absolute atomic E-state index is 12.9. The number of likely N-dealkylation sites (tertiary alicyclic amines) is 1. The molecule has 2 unspecified atom stereocenters. The molecular weight excluding hydrogens is 398 g/mol. The maximum atomic E-state index is 12.9. The Balaban J connectivity index is 2.19. The third kappa shape index (κ3) is 6.96. The van der Waals surface area contributed by atoms with Gasteiger partial charge in [-0.2, -0.15) is 0 Å². The molecule has 8 heteroatoms. The second-order valence-electron chi connectivity index (χ2n) is 9.43. The number of nitrogens with one attached hydrogen (secondary N) is 3. The zero-order valence-electron chi connectivity index (χ0n) is 19.5. The lowest BCUT2D eigenvalue weighted by molar-refractivity contribution is 0.265. The first kappa shape index (κ1) is 24.6. The molecule has 1 aromatic rings. The molecule has 0 aromatic heterocycles. The summed E-state index contributed by atoms with van der Waals surface area (Å²) in [6.07, 6.45) is 0. The molecule has 1 fully saturated rings. The summed E-state index contributed by atoms with van der Waals surface area (Å²) in [4.78, 5) is 7.45. The molecule has 0 amide bonds. The minimum absolute atomic E-state index is 0.278. The Hall–Kier alpha value is -1.64. The SMILES string of the molecule is CCNC(=NCc1ccccc1S(=O)(=O)NC(C)(C)C)NC1CN(C(C)C)CC1C. The van der Waals surface area contributed by atoms with Crippen LogP contribution >= 0.6 is 0 Å². The van der Waals surface area contributed by atoms with Crippen molar-refractivity contribution in [1.29, 1.82) is 0 Å². The molecule has 170 valence electrons. The van der Waals surface area contributed by atoms with Gasteiger partial charge < -0.3 is 10.6 Å². The lowest BCUT2D eigenvalue weighted by Crippen LogP contribution is -2.46. The third-order valence-corrected chi connectivity index (χ3v) is 7.01. The molecule has 0 radical (unpaired) electrons. The fraction of sp³-hybridized carbons (Fsp3) is 0.682. The molecule has 1 saturated heterocycles. The smallest absolute Gasteiger partial charge is 0.241 e. The Bertz CT molecular complexity index is 830. The average molecular weight is 438 g/mol. The van der Waals surface area contributed by atoms with Gasteiger partial charge in [-0.05, 0) is 59.1 Å². The summed E-state index contributed by atoms with van der Waals surface area (Å²) >= 11 is 0. The number of nitrogens with zero attached hydrogens (tertiary/aromatic N) is 2. The van der Waals surface area contributed by atoms with E-state index in [1.165, 1.54) is 0 Å². The second-order valence-corrected chi connectivity index (χ2v) is 11.1. The van der Waals surface area contributed by atoms with Crippen molar-refractivity contribution in [2.45, 2.75) is 77.5 Å². The van der Waals surface area contributed by atoms with Crippen LogP contribution in [0.5, 0.6) is 0 Å². The van der Waals surface area contributed by atoms with Crippen molar-refractivity contribution in [2.24, 2.45) is 10.9 Å². The van der Waals surface area contributed by atoms with E-state index < -0.39 is 15.6 Å². The van der Waals surface area contributed by atoms with E-state index in [-0.39, 0.29) is 11.4 Å². The predicted octanol–water partition coefficient (Wildman–Crippen LogP) is 2.55. The lowest BCUT2D eigenvalue weighted by Gasteiger charge is -2.22. The Morgan fingerprint density at radius 2 is 1.90 bits per heavy atom. The maximum Gasteiger partial charge on any atom is 0.241 e. The molecule has 30 heavy (non-hydrogen) atoms. The normalized spacial score (nSPS) is 21.3. The van der Waals surface area contributed by atoms with Crippen molar-refractivity contribution in [3.63, 3.8) is 0 Å². The van der Waals surface area contributed by atoms with Gasteiger partial charge in [0.1, 0.15) is 0 Å². The van der Waals surface area contributed by atoms with E-state index in [0.717, 1.165) is 25.6 Å². The molecule has 0 bridgehead atoms. The van der Waals surface area contributed by atoms with Crippen molar-refractivity contribution >= 4 is 16.0 Å². The van der Waals surface area contributed by atoms with Crippen LogP contribution in [0.4, 0.5) is 0 Å². The molecule has 2 rings (SSSR count). The van der Waals surface area contributed by atoms with Crippen LogP contribution in [0.1, 0.15) is 54.0 Å². The molecule has 1 aliphatic rings. The van der Waals surface area contributed by atoms with Gasteiger partial charge in [-0.25, -0.2) is 18.1 Å². The second kappa shape index (κ2) is 10.1. The molecule has 0 aliphatic carbocycles. The van der Waals surface area contributed by atoms with E-state index in [0.29, 0.717) is 23.6 Å². The van der Waals surface area contributed by atoms with Crippen LogP contribution in [-0.4, -0.2) is 56.5 Å². The average Bonchev–Trinajstić information content (AvgIpc) is 2.99. The van der Waals surface area contributed by atoms with Crippen molar-refractivity contribution in [3.05, 3.63) is 29.8 Å². The molecule has 2 atom stereocenters. The van der Waals surface area contributed by atoms with E-state index in [1.807, 2.05) is 39.8 Å². The van der Waals surface area contributed by atoms with Gasteiger partial charge in [0.2, 0.25) is 10.0 Å². The number of rotatable bonds is 7. The largest absolute Gasteiger partial charge is 0.357 e. The van der Waals surface area contributed by atoms with E-state index in [4.69, 9.17) is 4.99 Å². The number of benzene rings is 1. The van der Waals surface area contributed by atoms with Crippen LogP contribution in [0, 0.1) is 5.92 Å². The number of hydrogen-bond donors (Lipinski definition) is 3. The van der Waals surface area contributed by atoms with Crippen LogP contribution in [0.3, 0.4) is 0 Å². The van der Waals surface area contributed by atoms with Gasteiger partial charge in [-0.15, -0.1) is 0 Å². The highest BCUT2D eigenvalue weighted by Gasteiger charge is 2.31. The zero-order valence-corrected chi connectivity index (χ0v) is 20.3. The Morgan fingerprint density at radius 3 is 2.47 bits per heavy atom. The van der Waals surface area contributed by atoms with Crippen LogP contribution in [0.2, 0.25) is 0 Å². The van der Waals surface area contributed by atoms with E-state index in [2.05, 4.69) is 41.0 Å². The molecule has 1 aromatic carbocycles. The summed E-state index contributed by atoms with van der Waals surface area (Å²) in [5, 5.41) is 6.85. The molecule has 0 saturated carbocycles. The zero-order chi connectivity index (χ0) is 22.5. The minimum Gasteiger partial charge on any atom is -0.357 e. The number of aliphatic imine (C=N–C) groups is 1. The van der Waals surface area contributed by atoms with Gasteiger partial charge in [0.25, 0.3) is 0 Å². The quantitative estimate of drug-likeness (QED) is 0.451. The van der Waals surface area contributed by atoms with Gasteiger partial charge in [0.15, 0.2) is 5.96 Å². The molecule has 1 aliphatic heterocycles. The van der Waals surface area contributed by atoms with Gasteiger partial charge >= 0.3 is 0 Å². The molecule has 1 heterocycles. The van der Waals surface area contributed by atoms with Crippen molar-refractivity contribution < 1.29 is 8.42 Å². The van der Waals surface area contributed by atoms with Crippen LogP contribution in [0.15, 0.2) is 34.2 Å². The monoisotopic (exact) mass is 437 g/mol. The predicted molar refractivity (Wildman–Crippen MR) is 124 cm³/mol. The van der Waals surface area contributed by atoms with Crippen molar-refractivity contribution in [1.82, 2.24) is 20.3 Å². The van der Waals surface area contributed by atoms with Gasteiger partial charge in [-0.3, -0.25) is 4.90 Å². The molecule has 0 spiro atoms. The standard InChI is InChI=1S/C22H39N5O2S/c1-8-23-21(25-19-15-27(16(2)3)14-17(19)4)24-13-18-11-9-10-12-20(18)30(28,29)26-22(5,6)7/h9-12,16-17,19,26H,8,13-15H2,1-7H3,(H2,23,24,25). The fourth-order valence-corrected chi connectivity index (χ4v) is 5.28. The summed E-state index contributed by atoms with van der Waals surface area (Å²) in [7, 11) is -3.62. The Kier molecular flexibility index (Phi) is 8.30. The van der Waals surface area contributed by atoms with E-state index in [9.17, 15) is 8.42 Å². The van der Waals surface area contributed by atoms with Crippen molar-refractivity contribution in [3.8, 4) is 0 Å². The Labute approximate surface area is 182 Å².